The molecule has 5 heteroatoms. The van der Waals surface area contributed by atoms with Gasteiger partial charge in [0.1, 0.15) is 5.82 Å². The fourth-order valence-electron chi connectivity index (χ4n) is 0.876. The van der Waals surface area contributed by atoms with Crippen LogP contribution in [0.5, 0.6) is 0 Å². The molecule has 0 fully saturated rings. The highest BCUT2D eigenvalue weighted by atomic mass is 79.9. The third-order valence-electron chi connectivity index (χ3n) is 1.54. The molecule has 0 aliphatic heterocycles. The quantitative estimate of drug-likeness (QED) is 0.651. The average molecular weight is 288 g/mol. The molecule has 0 amide bonds. The lowest BCUT2D eigenvalue weighted by Gasteiger charge is -2.09. The number of halogens is 4. The van der Waals surface area contributed by atoms with Gasteiger partial charge >= 0.3 is 0 Å². The third-order valence-corrected chi connectivity index (χ3v) is 2.78. The summed E-state index contributed by atoms with van der Waals surface area (Å²) < 4.78 is 12.9. The highest BCUT2D eigenvalue weighted by Gasteiger charge is 2.13. The molecule has 1 N–H and O–H groups in total. The molecule has 0 aliphatic carbocycles. The van der Waals surface area contributed by atoms with Gasteiger partial charge in [-0.05, 0) is 12.1 Å². The number of aliphatic hydroxyl groups is 1. The topological polar surface area (TPSA) is 20.2 Å². The Morgan fingerprint density at radius 2 is 2.00 bits per heavy atom. The van der Waals surface area contributed by atoms with Crippen molar-refractivity contribution < 1.29 is 9.50 Å². The second-order valence-electron chi connectivity index (χ2n) is 2.46. The smallest absolute Gasteiger partial charge is 0.142 e. The molecule has 0 aliphatic rings. The van der Waals surface area contributed by atoms with Gasteiger partial charge in [0.05, 0.1) is 11.1 Å². The standard InChI is InChI=1S/C8H6BrCl2FO/c9-3-8(13)4-1-7(12)6(11)2-5(4)10/h1-2,8,13H,3H2/t8-/m0/s1. The first-order valence-corrected chi connectivity index (χ1v) is 5.32. The van der Waals surface area contributed by atoms with Gasteiger partial charge < -0.3 is 5.11 Å². The highest BCUT2D eigenvalue weighted by Crippen LogP contribution is 2.29. The lowest BCUT2D eigenvalue weighted by Crippen LogP contribution is -2.00. The summed E-state index contributed by atoms with van der Waals surface area (Å²) in [5.41, 5.74) is 0.334. The molecule has 1 rings (SSSR count). The van der Waals surface area contributed by atoms with Crippen LogP contribution < -0.4 is 0 Å². The third kappa shape index (κ3) is 2.56. The van der Waals surface area contributed by atoms with Crippen LogP contribution in [-0.2, 0) is 0 Å². The molecule has 0 heterocycles. The Labute approximate surface area is 93.6 Å². The maximum atomic E-state index is 12.9. The zero-order valence-corrected chi connectivity index (χ0v) is 9.50. The molecular formula is C8H6BrCl2FO. The van der Waals surface area contributed by atoms with Crippen LogP contribution in [0.4, 0.5) is 4.39 Å². The van der Waals surface area contributed by atoms with Gasteiger partial charge in [0.15, 0.2) is 0 Å². The first kappa shape index (κ1) is 11.2. The van der Waals surface area contributed by atoms with Crippen LogP contribution in [0.25, 0.3) is 0 Å². The van der Waals surface area contributed by atoms with E-state index in [1.807, 2.05) is 0 Å². The van der Waals surface area contributed by atoms with Crippen molar-refractivity contribution in [2.75, 3.05) is 5.33 Å². The van der Waals surface area contributed by atoms with Gasteiger partial charge in [-0.15, -0.1) is 0 Å². The Morgan fingerprint density at radius 1 is 1.38 bits per heavy atom. The van der Waals surface area contributed by atoms with Gasteiger partial charge in [0, 0.05) is 15.9 Å². The van der Waals surface area contributed by atoms with Crippen molar-refractivity contribution in [2.24, 2.45) is 0 Å². The SMILES string of the molecule is O[C@@H](CBr)c1cc(F)c(Cl)cc1Cl. The van der Waals surface area contributed by atoms with Gasteiger partial charge in [-0.2, -0.15) is 0 Å². The molecule has 0 saturated carbocycles. The molecule has 0 bridgehead atoms. The summed E-state index contributed by atoms with van der Waals surface area (Å²) in [7, 11) is 0. The summed E-state index contributed by atoms with van der Waals surface area (Å²) in [6, 6.07) is 2.41. The monoisotopic (exact) mass is 286 g/mol. The molecule has 1 aromatic carbocycles. The Bertz CT molecular complexity index is 319. The van der Waals surface area contributed by atoms with Crippen molar-refractivity contribution in [3.05, 3.63) is 33.6 Å². The molecule has 0 unspecified atom stereocenters. The fourth-order valence-corrected chi connectivity index (χ4v) is 1.73. The van der Waals surface area contributed by atoms with Crippen LogP contribution in [0.1, 0.15) is 11.7 Å². The maximum Gasteiger partial charge on any atom is 0.142 e. The average Bonchev–Trinajstić information content (AvgIpc) is 2.10. The van der Waals surface area contributed by atoms with E-state index in [0.29, 0.717) is 10.9 Å². The molecule has 1 aromatic rings. The van der Waals surface area contributed by atoms with E-state index in [9.17, 15) is 9.50 Å². The summed E-state index contributed by atoms with van der Waals surface area (Å²) in [6.07, 6.45) is -0.820. The van der Waals surface area contributed by atoms with E-state index >= 15 is 0 Å². The number of alkyl halides is 1. The Balaban J connectivity index is 3.15. The summed E-state index contributed by atoms with van der Waals surface area (Å²) in [5.74, 6) is -0.582. The van der Waals surface area contributed by atoms with Crippen molar-refractivity contribution in [2.45, 2.75) is 6.10 Å². The molecule has 1 nitrogen and oxygen atoms in total. The second-order valence-corrected chi connectivity index (χ2v) is 3.92. The lowest BCUT2D eigenvalue weighted by atomic mass is 10.1. The molecule has 0 saturated heterocycles. The van der Waals surface area contributed by atoms with Gasteiger partial charge in [-0.25, -0.2) is 4.39 Å². The van der Waals surface area contributed by atoms with Gasteiger partial charge in [-0.3, -0.25) is 0 Å². The van der Waals surface area contributed by atoms with E-state index in [4.69, 9.17) is 23.2 Å². The predicted octanol–water partition coefficient (Wildman–Crippen LogP) is 3.56. The highest BCUT2D eigenvalue weighted by molar-refractivity contribution is 9.09. The van der Waals surface area contributed by atoms with Crippen molar-refractivity contribution in [1.82, 2.24) is 0 Å². The maximum absolute atomic E-state index is 12.9. The minimum absolute atomic E-state index is 0.0458. The minimum Gasteiger partial charge on any atom is -0.387 e. The normalized spacial score (nSPS) is 13.0. The zero-order valence-electron chi connectivity index (χ0n) is 6.40. The Hall–Kier alpha value is 0.170. The minimum atomic E-state index is -0.820. The van der Waals surface area contributed by atoms with Crippen LogP contribution in [0.15, 0.2) is 12.1 Å². The van der Waals surface area contributed by atoms with Crippen LogP contribution in [-0.4, -0.2) is 10.4 Å². The van der Waals surface area contributed by atoms with Crippen LogP contribution in [0, 0.1) is 5.82 Å². The number of benzene rings is 1. The largest absolute Gasteiger partial charge is 0.387 e. The van der Waals surface area contributed by atoms with Crippen LogP contribution in [0.3, 0.4) is 0 Å². The Morgan fingerprint density at radius 3 is 2.54 bits per heavy atom. The summed E-state index contributed by atoms with van der Waals surface area (Å²) in [6.45, 7) is 0. The molecular weight excluding hydrogens is 282 g/mol. The van der Waals surface area contributed by atoms with Crippen molar-refractivity contribution in [1.29, 1.82) is 0 Å². The second kappa shape index (κ2) is 4.60. The van der Waals surface area contributed by atoms with Gasteiger partial charge in [0.2, 0.25) is 0 Å². The number of rotatable bonds is 2. The number of hydrogen-bond acceptors (Lipinski definition) is 1. The molecule has 13 heavy (non-hydrogen) atoms. The first-order chi connectivity index (χ1) is 6.06. The lowest BCUT2D eigenvalue weighted by molar-refractivity contribution is 0.205. The van der Waals surface area contributed by atoms with Crippen molar-refractivity contribution in [3.8, 4) is 0 Å². The molecule has 72 valence electrons. The summed E-state index contributed by atoms with van der Waals surface area (Å²) in [5, 5.41) is 9.90. The molecule has 0 spiro atoms. The van der Waals surface area contributed by atoms with E-state index in [-0.39, 0.29) is 10.0 Å². The van der Waals surface area contributed by atoms with Gasteiger partial charge in [0.25, 0.3) is 0 Å². The van der Waals surface area contributed by atoms with E-state index < -0.39 is 11.9 Å². The molecule has 1 atom stereocenters. The van der Waals surface area contributed by atoms with Crippen LogP contribution >= 0.6 is 39.1 Å². The summed E-state index contributed by atoms with van der Waals surface area (Å²) >= 11 is 14.3. The number of aliphatic hydroxyl groups excluding tert-OH is 1. The van der Waals surface area contributed by atoms with Gasteiger partial charge in [-0.1, -0.05) is 39.1 Å². The zero-order chi connectivity index (χ0) is 10.0. The van der Waals surface area contributed by atoms with E-state index in [1.165, 1.54) is 6.07 Å². The first-order valence-electron chi connectivity index (χ1n) is 3.44. The predicted molar refractivity (Wildman–Crippen MR) is 55.2 cm³/mol. The molecule has 0 aromatic heterocycles. The Kier molecular flexibility index (Phi) is 3.98. The fraction of sp³-hybridized carbons (Fsp3) is 0.250. The van der Waals surface area contributed by atoms with Crippen molar-refractivity contribution in [3.63, 3.8) is 0 Å². The van der Waals surface area contributed by atoms with Crippen LogP contribution in [0.2, 0.25) is 10.0 Å². The van der Waals surface area contributed by atoms with E-state index in [0.717, 1.165) is 6.07 Å². The van der Waals surface area contributed by atoms with E-state index in [2.05, 4.69) is 15.9 Å². The van der Waals surface area contributed by atoms with E-state index in [1.54, 1.807) is 0 Å². The van der Waals surface area contributed by atoms with Crippen molar-refractivity contribution >= 4 is 39.1 Å². The molecule has 0 radical (unpaired) electrons. The number of hydrogen-bond donors (Lipinski definition) is 1. The summed E-state index contributed by atoms with van der Waals surface area (Å²) in [4.78, 5) is 0.